The highest BCUT2D eigenvalue weighted by atomic mass is 35.5. The first-order valence-electron chi connectivity index (χ1n) is 5.25. The summed E-state index contributed by atoms with van der Waals surface area (Å²) in [6.45, 7) is 2.04. The Balaban J connectivity index is 1.97. The van der Waals surface area contributed by atoms with E-state index in [0.717, 1.165) is 29.1 Å². The lowest BCUT2D eigenvalue weighted by molar-refractivity contribution is 0.0328. The summed E-state index contributed by atoms with van der Waals surface area (Å²) in [6, 6.07) is 6.50. The van der Waals surface area contributed by atoms with Gasteiger partial charge in [0, 0.05) is 23.9 Å². The SMILES string of the molecule is COC1CC(Nc2cccc(Cl)c2C)C1. The van der Waals surface area contributed by atoms with Crippen molar-refractivity contribution in [2.45, 2.75) is 31.9 Å². The van der Waals surface area contributed by atoms with Gasteiger partial charge in [0.1, 0.15) is 0 Å². The number of methoxy groups -OCH3 is 1. The molecule has 0 amide bonds. The summed E-state index contributed by atoms with van der Waals surface area (Å²) in [4.78, 5) is 0. The summed E-state index contributed by atoms with van der Waals surface area (Å²) in [5.74, 6) is 0. The molecule has 3 heteroatoms. The fourth-order valence-electron chi connectivity index (χ4n) is 1.86. The third kappa shape index (κ3) is 2.27. The average molecular weight is 226 g/mol. The van der Waals surface area contributed by atoms with Crippen LogP contribution in [-0.4, -0.2) is 19.3 Å². The van der Waals surface area contributed by atoms with Crippen LogP contribution in [0, 0.1) is 6.92 Å². The molecule has 0 bridgehead atoms. The largest absolute Gasteiger partial charge is 0.382 e. The molecule has 1 aliphatic carbocycles. The zero-order valence-corrected chi connectivity index (χ0v) is 9.84. The van der Waals surface area contributed by atoms with Gasteiger partial charge in [-0.05, 0) is 37.5 Å². The molecule has 1 fully saturated rings. The number of hydrogen-bond acceptors (Lipinski definition) is 2. The number of ether oxygens (including phenoxy) is 1. The van der Waals surface area contributed by atoms with Crippen LogP contribution in [0.2, 0.25) is 5.02 Å². The highest BCUT2D eigenvalue weighted by Gasteiger charge is 2.28. The maximum Gasteiger partial charge on any atom is 0.0610 e. The van der Waals surface area contributed by atoms with Crippen molar-refractivity contribution in [1.29, 1.82) is 0 Å². The normalized spacial score (nSPS) is 24.7. The van der Waals surface area contributed by atoms with Gasteiger partial charge in [0.2, 0.25) is 0 Å². The van der Waals surface area contributed by atoms with Crippen LogP contribution in [0.1, 0.15) is 18.4 Å². The Bertz CT molecular complexity index is 347. The van der Waals surface area contributed by atoms with E-state index < -0.39 is 0 Å². The van der Waals surface area contributed by atoms with E-state index in [4.69, 9.17) is 16.3 Å². The molecule has 2 rings (SSSR count). The monoisotopic (exact) mass is 225 g/mol. The molecule has 15 heavy (non-hydrogen) atoms. The number of hydrogen-bond donors (Lipinski definition) is 1. The minimum Gasteiger partial charge on any atom is -0.382 e. The predicted octanol–water partition coefficient (Wildman–Crippen LogP) is 3.24. The molecular formula is C12H16ClNO. The van der Waals surface area contributed by atoms with Crippen molar-refractivity contribution >= 4 is 17.3 Å². The molecule has 0 saturated heterocycles. The van der Waals surface area contributed by atoms with Crippen LogP contribution in [0.25, 0.3) is 0 Å². The Morgan fingerprint density at radius 3 is 2.80 bits per heavy atom. The van der Waals surface area contributed by atoms with Crippen molar-refractivity contribution in [3.8, 4) is 0 Å². The topological polar surface area (TPSA) is 21.3 Å². The zero-order valence-electron chi connectivity index (χ0n) is 9.09. The predicted molar refractivity (Wildman–Crippen MR) is 63.6 cm³/mol. The number of benzene rings is 1. The number of halogens is 1. The molecule has 2 nitrogen and oxygen atoms in total. The first kappa shape index (κ1) is 10.8. The molecule has 0 atom stereocenters. The Morgan fingerprint density at radius 2 is 2.13 bits per heavy atom. The minimum absolute atomic E-state index is 0.432. The molecule has 1 aromatic carbocycles. The second-order valence-corrected chi connectivity index (χ2v) is 4.49. The molecule has 1 aliphatic rings. The van der Waals surface area contributed by atoms with Crippen LogP contribution in [0.5, 0.6) is 0 Å². The molecule has 0 heterocycles. The van der Waals surface area contributed by atoms with E-state index in [0.29, 0.717) is 12.1 Å². The van der Waals surface area contributed by atoms with Gasteiger partial charge in [-0.3, -0.25) is 0 Å². The summed E-state index contributed by atoms with van der Waals surface area (Å²) in [5.41, 5.74) is 2.27. The molecular weight excluding hydrogens is 210 g/mol. The lowest BCUT2D eigenvalue weighted by Crippen LogP contribution is -2.40. The van der Waals surface area contributed by atoms with Crippen LogP contribution in [0.4, 0.5) is 5.69 Å². The molecule has 0 unspecified atom stereocenters. The van der Waals surface area contributed by atoms with Crippen molar-refractivity contribution in [2.24, 2.45) is 0 Å². The third-order valence-electron chi connectivity index (χ3n) is 3.06. The fourth-order valence-corrected chi connectivity index (χ4v) is 2.03. The van der Waals surface area contributed by atoms with E-state index in [-0.39, 0.29) is 0 Å². The summed E-state index contributed by atoms with van der Waals surface area (Å²) >= 11 is 6.05. The van der Waals surface area contributed by atoms with E-state index >= 15 is 0 Å². The van der Waals surface area contributed by atoms with Crippen LogP contribution in [0.3, 0.4) is 0 Å². The Labute approximate surface area is 95.6 Å². The maximum absolute atomic E-state index is 6.05. The second-order valence-electron chi connectivity index (χ2n) is 4.08. The van der Waals surface area contributed by atoms with Crippen molar-refractivity contribution in [3.63, 3.8) is 0 Å². The van der Waals surface area contributed by atoms with E-state index in [1.54, 1.807) is 7.11 Å². The van der Waals surface area contributed by atoms with Crippen molar-refractivity contribution in [1.82, 2.24) is 0 Å². The Morgan fingerprint density at radius 1 is 1.40 bits per heavy atom. The third-order valence-corrected chi connectivity index (χ3v) is 3.46. The standard InChI is InChI=1S/C12H16ClNO/c1-8-11(13)4-3-5-12(8)14-9-6-10(7-9)15-2/h3-5,9-10,14H,6-7H2,1-2H3. The lowest BCUT2D eigenvalue weighted by atomic mass is 9.89. The first-order valence-corrected chi connectivity index (χ1v) is 5.63. The number of anilines is 1. The van der Waals surface area contributed by atoms with E-state index in [1.165, 1.54) is 0 Å². The van der Waals surface area contributed by atoms with Gasteiger partial charge >= 0.3 is 0 Å². The summed E-state index contributed by atoms with van der Waals surface area (Å²) in [7, 11) is 1.77. The molecule has 0 aromatic heterocycles. The molecule has 82 valence electrons. The van der Waals surface area contributed by atoms with Gasteiger partial charge in [0.15, 0.2) is 0 Å². The fraction of sp³-hybridized carbons (Fsp3) is 0.500. The van der Waals surface area contributed by atoms with Crippen LogP contribution < -0.4 is 5.32 Å². The lowest BCUT2D eigenvalue weighted by Gasteiger charge is -2.35. The smallest absolute Gasteiger partial charge is 0.0610 e. The highest BCUT2D eigenvalue weighted by Crippen LogP contribution is 2.29. The Hall–Kier alpha value is -0.730. The van der Waals surface area contributed by atoms with Gasteiger partial charge in [-0.1, -0.05) is 17.7 Å². The van der Waals surface area contributed by atoms with E-state index in [2.05, 4.69) is 11.4 Å². The van der Waals surface area contributed by atoms with Crippen molar-refractivity contribution in [3.05, 3.63) is 28.8 Å². The summed E-state index contributed by atoms with van der Waals surface area (Å²) in [5, 5.41) is 4.31. The van der Waals surface area contributed by atoms with Crippen molar-refractivity contribution in [2.75, 3.05) is 12.4 Å². The molecule has 0 aliphatic heterocycles. The minimum atomic E-state index is 0.432. The second kappa shape index (κ2) is 4.42. The van der Waals surface area contributed by atoms with E-state index in [9.17, 15) is 0 Å². The van der Waals surface area contributed by atoms with Gasteiger partial charge in [-0.2, -0.15) is 0 Å². The van der Waals surface area contributed by atoms with Gasteiger partial charge in [0.25, 0.3) is 0 Å². The van der Waals surface area contributed by atoms with Gasteiger partial charge < -0.3 is 10.1 Å². The van der Waals surface area contributed by atoms with Gasteiger partial charge in [-0.25, -0.2) is 0 Å². The quantitative estimate of drug-likeness (QED) is 0.853. The number of rotatable bonds is 3. The first-order chi connectivity index (χ1) is 7.20. The molecule has 1 aromatic rings. The highest BCUT2D eigenvalue weighted by molar-refractivity contribution is 6.31. The van der Waals surface area contributed by atoms with Crippen LogP contribution in [0.15, 0.2) is 18.2 Å². The summed E-state index contributed by atoms with van der Waals surface area (Å²) < 4.78 is 5.24. The summed E-state index contributed by atoms with van der Waals surface area (Å²) in [6.07, 6.45) is 2.60. The average Bonchev–Trinajstić information content (AvgIpc) is 2.17. The zero-order chi connectivity index (χ0) is 10.8. The number of nitrogens with one attached hydrogen (secondary N) is 1. The molecule has 0 spiro atoms. The van der Waals surface area contributed by atoms with Crippen molar-refractivity contribution < 1.29 is 4.74 Å². The van der Waals surface area contributed by atoms with Crippen LogP contribution >= 0.6 is 11.6 Å². The Kier molecular flexibility index (Phi) is 3.17. The van der Waals surface area contributed by atoms with Gasteiger partial charge in [-0.15, -0.1) is 0 Å². The van der Waals surface area contributed by atoms with Gasteiger partial charge in [0.05, 0.1) is 6.10 Å². The maximum atomic E-state index is 6.05. The molecule has 1 saturated carbocycles. The molecule has 1 N–H and O–H groups in total. The van der Waals surface area contributed by atoms with Crippen LogP contribution in [-0.2, 0) is 4.74 Å². The van der Waals surface area contributed by atoms with E-state index in [1.807, 2.05) is 19.1 Å². The molecule has 0 radical (unpaired) electrons.